The molecule has 2 fully saturated rings. The lowest BCUT2D eigenvalue weighted by Gasteiger charge is -2.40. The predicted molar refractivity (Wildman–Crippen MR) is 99.3 cm³/mol. The Bertz CT molecular complexity index is 729. The van der Waals surface area contributed by atoms with E-state index in [1.54, 1.807) is 0 Å². The Morgan fingerprint density at radius 1 is 1.25 bits per heavy atom. The summed E-state index contributed by atoms with van der Waals surface area (Å²) in [6.07, 6.45) is -0.675. The summed E-state index contributed by atoms with van der Waals surface area (Å²) in [6, 6.07) is 8.71. The maximum atomic E-state index is 13.3. The number of amides is 2. The topological polar surface area (TPSA) is 49.4 Å². The number of rotatable bonds is 6. The van der Waals surface area contributed by atoms with Gasteiger partial charge in [0.25, 0.3) is 0 Å². The molecule has 0 aromatic heterocycles. The van der Waals surface area contributed by atoms with E-state index in [0.29, 0.717) is 6.42 Å². The zero-order chi connectivity index (χ0) is 20.4. The average Bonchev–Trinajstić information content (AvgIpc) is 3.47. The van der Waals surface area contributed by atoms with E-state index in [4.69, 9.17) is 0 Å². The van der Waals surface area contributed by atoms with Gasteiger partial charge in [0.15, 0.2) is 0 Å². The van der Waals surface area contributed by atoms with Crippen LogP contribution in [0.25, 0.3) is 0 Å². The molecule has 28 heavy (non-hydrogen) atoms. The van der Waals surface area contributed by atoms with Crippen LogP contribution in [0.5, 0.6) is 0 Å². The molecule has 152 valence electrons. The van der Waals surface area contributed by atoms with E-state index >= 15 is 0 Å². The second-order valence-corrected chi connectivity index (χ2v) is 7.77. The summed E-state index contributed by atoms with van der Waals surface area (Å²) in [5, 5.41) is 2.37. The van der Waals surface area contributed by atoms with E-state index in [2.05, 4.69) is 11.9 Å². The highest BCUT2D eigenvalue weighted by Gasteiger charge is 2.54. The Labute approximate surface area is 162 Å². The number of carbonyl (C=O) groups is 2. The summed E-state index contributed by atoms with van der Waals surface area (Å²) < 4.78 is 40.0. The molecule has 1 heterocycles. The molecule has 2 unspecified atom stereocenters. The van der Waals surface area contributed by atoms with Gasteiger partial charge in [-0.1, -0.05) is 36.9 Å². The van der Waals surface area contributed by atoms with Crippen molar-refractivity contribution in [2.24, 2.45) is 11.3 Å². The van der Waals surface area contributed by atoms with Crippen molar-refractivity contribution in [3.05, 3.63) is 48.6 Å². The molecule has 1 aromatic carbocycles. The van der Waals surface area contributed by atoms with Crippen molar-refractivity contribution in [3.63, 3.8) is 0 Å². The van der Waals surface area contributed by atoms with Gasteiger partial charge in [-0.05, 0) is 43.7 Å². The molecule has 1 aliphatic heterocycles. The zero-order valence-electron chi connectivity index (χ0n) is 15.7. The van der Waals surface area contributed by atoms with Gasteiger partial charge in [-0.3, -0.25) is 9.59 Å². The van der Waals surface area contributed by atoms with E-state index in [9.17, 15) is 22.8 Å². The zero-order valence-corrected chi connectivity index (χ0v) is 15.7. The maximum Gasteiger partial charge on any atom is 0.393 e. The number of carbonyl (C=O) groups excluding carboxylic acids is 2. The molecule has 4 nitrogen and oxygen atoms in total. The lowest BCUT2D eigenvalue weighted by Crippen LogP contribution is -2.58. The number of alkyl halides is 3. The number of aryl methyl sites for hydroxylation is 1. The van der Waals surface area contributed by atoms with Gasteiger partial charge >= 0.3 is 6.18 Å². The molecular weight excluding hydrogens is 369 g/mol. The second kappa shape index (κ2) is 7.97. The highest BCUT2D eigenvalue weighted by molar-refractivity contribution is 5.88. The molecule has 2 atom stereocenters. The van der Waals surface area contributed by atoms with Crippen LogP contribution in [0.15, 0.2) is 43.0 Å². The summed E-state index contributed by atoms with van der Waals surface area (Å²) in [5.41, 5.74) is 0.682. The molecule has 1 aliphatic carbocycles. The quantitative estimate of drug-likeness (QED) is 0.751. The monoisotopic (exact) mass is 394 g/mol. The van der Waals surface area contributed by atoms with E-state index in [1.165, 1.54) is 4.90 Å². The third-order valence-electron chi connectivity index (χ3n) is 5.88. The maximum absolute atomic E-state index is 13.3. The van der Waals surface area contributed by atoms with E-state index in [0.717, 1.165) is 30.9 Å². The Morgan fingerprint density at radius 3 is 2.50 bits per heavy atom. The number of hydrogen-bond donors (Lipinski definition) is 1. The van der Waals surface area contributed by atoms with Gasteiger partial charge in [0.05, 0.1) is 12.0 Å². The van der Waals surface area contributed by atoms with Crippen molar-refractivity contribution < 1.29 is 22.8 Å². The Morgan fingerprint density at radius 2 is 1.93 bits per heavy atom. The lowest BCUT2D eigenvalue weighted by atomic mass is 9.88. The van der Waals surface area contributed by atoms with Gasteiger partial charge in [0.2, 0.25) is 11.8 Å². The predicted octanol–water partition coefficient (Wildman–Crippen LogP) is 3.48. The van der Waals surface area contributed by atoms with E-state index < -0.39 is 29.5 Å². The molecule has 1 N–H and O–H groups in total. The molecule has 0 radical (unpaired) electrons. The van der Waals surface area contributed by atoms with Gasteiger partial charge in [-0.2, -0.15) is 13.2 Å². The van der Waals surface area contributed by atoms with E-state index in [-0.39, 0.29) is 25.4 Å². The third kappa shape index (κ3) is 4.56. The first-order valence-corrected chi connectivity index (χ1v) is 9.58. The highest BCUT2D eigenvalue weighted by Crippen LogP contribution is 2.51. The largest absolute Gasteiger partial charge is 0.393 e. The highest BCUT2D eigenvalue weighted by atomic mass is 19.4. The number of hydrogen-bond acceptors (Lipinski definition) is 2. The van der Waals surface area contributed by atoms with Gasteiger partial charge in [-0.25, -0.2) is 0 Å². The summed E-state index contributed by atoms with van der Waals surface area (Å²) in [6.45, 7) is 3.25. The minimum absolute atomic E-state index is 0.0660. The van der Waals surface area contributed by atoms with Crippen molar-refractivity contribution in [2.75, 3.05) is 13.1 Å². The van der Waals surface area contributed by atoms with Crippen LogP contribution in [0.4, 0.5) is 13.2 Å². The summed E-state index contributed by atoms with van der Waals surface area (Å²) in [4.78, 5) is 26.2. The van der Waals surface area contributed by atoms with Crippen LogP contribution >= 0.6 is 0 Å². The average molecular weight is 394 g/mol. The fourth-order valence-corrected chi connectivity index (χ4v) is 4.00. The van der Waals surface area contributed by atoms with Crippen molar-refractivity contribution >= 4 is 11.8 Å². The second-order valence-electron chi connectivity index (χ2n) is 7.77. The summed E-state index contributed by atoms with van der Waals surface area (Å²) in [7, 11) is 0. The standard InChI is InChI=1S/C21H25F3N2O2/c1-2-18(27)25-17-14-26(13-9-16(17)21(22,23)24)19(28)20(11-12-20)10-8-15-6-4-3-5-7-15/h2-7,16-17H,1,8-14H2,(H,25,27). The number of nitrogens with one attached hydrogen (secondary N) is 1. The molecule has 0 spiro atoms. The lowest BCUT2D eigenvalue weighted by molar-refractivity contribution is -0.194. The fraction of sp³-hybridized carbons (Fsp3) is 0.524. The van der Waals surface area contributed by atoms with Crippen LogP contribution in [0.1, 0.15) is 31.2 Å². The molecule has 0 bridgehead atoms. The summed E-state index contributed by atoms with van der Waals surface area (Å²) in [5.74, 6) is -2.39. The minimum Gasteiger partial charge on any atom is -0.347 e. The van der Waals surface area contributed by atoms with Crippen LogP contribution in [-0.4, -0.2) is 42.0 Å². The van der Waals surface area contributed by atoms with Crippen molar-refractivity contribution in [1.29, 1.82) is 0 Å². The van der Waals surface area contributed by atoms with Crippen LogP contribution < -0.4 is 5.32 Å². The SMILES string of the molecule is C=CC(=O)NC1CN(C(=O)C2(CCc3ccccc3)CC2)CCC1C(F)(F)F. The van der Waals surface area contributed by atoms with E-state index in [1.807, 2.05) is 30.3 Å². The summed E-state index contributed by atoms with van der Waals surface area (Å²) >= 11 is 0. The number of halogens is 3. The molecule has 3 rings (SSSR count). The van der Waals surface area contributed by atoms with Crippen molar-refractivity contribution in [3.8, 4) is 0 Å². The first-order valence-electron chi connectivity index (χ1n) is 9.58. The first kappa shape index (κ1) is 20.4. The molecular formula is C21H25F3N2O2. The Hall–Kier alpha value is -2.31. The third-order valence-corrected chi connectivity index (χ3v) is 5.88. The molecule has 1 saturated heterocycles. The fourth-order valence-electron chi connectivity index (χ4n) is 4.00. The van der Waals surface area contributed by atoms with Crippen LogP contribution in [-0.2, 0) is 16.0 Å². The van der Waals surface area contributed by atoms with Crippen LogP contribution in [0.2, 0.25) is 0 Å². The number of piperidine rings is 1. The molecule has 1 saturated carbocycles. The van der Waals surface area contributed by atoms with Crippen LogP contribution in [0.3, 0.4) is 0 Å². The van der Waals surface area contributed by atoms with Gasteiger partial charge in [0, 0.05) is 18.5 Å². The normalized spacial score (nSPS) is 23.8. The van der Waals surface area contributed by atoms with Crippen LogP contribution in [0, 0.1) is 11.3 Å². The molecule has 2 aliphatic rings. The molecule has 1 aromatic rings. The van der Waals surface area contributed by atoms with Gasteiger partial charge in [-0.15, -0.1) is 0 Å². The van der Waals surface area contributed by atoms with Gasteiger partial charge < -0.3 is 10.2 Å². The smallest absolute Gasteiger partial charge is 0.347 e. The number of benzene rings is 1. The minimum atomic E-state index is -4.42. The molecule has 7 heteroatoms. The first-order chi connectivity index (χ1) is 13.2. The Kier molecular flexibility index (Phi) is 5.82. The van der Waals surface area contributed by atoms with Crippen molar-refractivity contribution in [2.45, 2.75) is 44.3 Å². The number of nitrogens with zero attached hydrogens (tertiary/aromatic N) is 1. The molecule has 2 amide bonds. The Balaban J connectivity index is 1.66. The number of likely N-dealkylation sites (tertiary alicyclic amines) is 1. The van der Waals surface area contributed by atoms with Gasteiger partial charge in [0.1, 0.15) is 0 Å². The van der Waals surface area contributed by atoms with Crippen molar-refractivity contribution in [1.82, 2.24) is 10.2 Å².